The van der Waals surface area contributed by atoms with Gasteiger partial charge >= 0.3 is 11.9 Å². The van der Waals surface area contributed by atoms with Crippen LogP contribution in [-0.4, -0.2) is 22.2 Å². The largest absolute Gasteiger partial charge is 0.478 e. The molecule has 0 unspecified atom stereocenters. The minimum absolute atomic E-state index is 0. The Labute approximate surface area is 90.5 Å². The van der Waals surface area contributed by atoms with Crippen LogP contribution in [-0.2, 0) is 0 Å². The number of aromatic carboxylic acids is 2. The summed E-state index contributed by atoms with van der Waals surface area (Å²) < 4.78 is 0. The van der Waals surface area contributed by atoms with Crippen LogP contribution in [0.15, 0.2) is 18.2 Å². The maximum atomic E-state index is 10.5. The lowest BCUT2D eigenvalue weighted by atomic mass is 10.1. The van der Waals surface area contributed by atoms with Crippen LogP contribution in [0.25, 0.3) is 0 Å². The van der Waals surface area contributed by atoms with Crippen molar-refractivity contribution in [2.75, 3.05) is 0 Å². The van der Waals surface area contributed by atoms with Crippen LogP contribution in [0.5, 0.6) is 0 Å². The third-order valence-corrected chi connectivity index (χ3v) is 1.77. The molecule has 0 heterocycles. The van der Waals surface area contributed by atoms with Crippen LogP contribution < -0.4 is 0 Å². The van der Waals surface area contributed by atoms with E-state index in [1.807, 2.05) is 0 Å². The second kappa shape index (κ2) is 4.83. The molecule has 0 aliphatic carbocycles. The van der Waals surface area contributed by atoms with Gasteiger partial charge in [-0.1, -0.05) is 11.6 Å². The normalized spacial score (nSPS) is 8.93. The van der Waals surface area contributed by atoms with E-state index >= 15 is 0 Å². The molecular formula is C8H6Cl2O4. The summed E-state index contributed by atoms with van der Waals surface area (Å²) in [6, 6.07) is 3.51. The Morgan fingerprint density at radius 2 is 1.71 bits per heavy atom. The van der Waals surface area contributed by atoms with E-state index in [2.05, 4.69) is 0 Å². The van der Waals surface area contributed by atoms with Gasteiger partial charge in [0.25, 0.3) is 0 Å². The summed E-state index contributed by atoms with van der Waals surface area (Å²) in [6.45, 7) is 0. The molecule has 1 aromatic rings. The van der Waals surface area contributed by atoms with Crippen LogP contribution in [0.2, 0.25) is 5.02 Å². The fourth-order valence-electron chi connectivity index (χ4n) is 0.822. The van der Waals surface area contributed by atoms with E-state index in [1.54, 1.807) is 0 Å². The Morgan fingerprint density at radius 1 is 1.14 bits per heavy atom. The number of hydrogen-bond donors (Lipinski definition) is 2. The Balaban J connectivity index is 0.00000169. The molecule has 1 rings (SSSR count). The second-order valence-electron chi connectivity index (χ2n) is 2.30. The molecule has 0 aliphatic heterocycles. The number of carboxylic acid groups (broad SMARTS) is 2. The number of carboxylic acids is 2. The molecule has 0 saturated carbocycles. The van der Waals surface area contributed by atoms with Crippen LogP contribution in [0.4, 0.5) is 0 Å². The minimum Gasteiger partial charge on any atom is -0.478 e. The predicted molar refractivity (Wildman–Crippen MR) is 52.6 cm³/mol. The summed E-state index contributed by atoms with van der Waals surface area (Å²) in [5, 5.41) is 17.2. The average Bonchev–Trinajstić information content (AvgIpc) is 2.04. The number of halogens is 2. The van der Waals surface area contributed by atoms with Gasteiger partial charge in [0.05, 0.1) is 16.1 Å². The predicted octanol–water partition coefficient (Wildman–Crippen LogP) is 2.16. The smallest absolute Gasteiger partial charge is 0.337 e. The maximum Gasteiger partial charge on any atom is 0.337 e. The van der Waals surface area contributed by atoms with Crippen molar-refractivity contribution in [1.82, 2.24) is 0 Å². The van der Waals surface area contributed by atoms with Crippen molar-refractivity contribution in [2.45, 2.75) is 0 Å². The number of rotatable bonds is 2. The van der Waals surface area contributed by atoms with E-state index in [0.717, 1.165) is 6.07 Å². The molecule has 0 bridgehead atoms. The van der Waals surface area contributed by atoms with Gasteiger partial charge in [-0.2, -0.15) is 0 Å². The van der Waals surface area contributed by atoms with Crippen molar-refractivity contribution in [3.63, 3.8) is 0 Å². The Hall–Kier alpha value is -1.26. The topological polar surface area (TPSA) is 74.6 Å². The molecule has 0 aromatic heterocycles. The summed E-state index contributed by atoms with van der Waals surface area (Å²) in [7, 11) is 0. The first-order chi connectivity index (χ1) is 6.02. The average molecular weight is 237 g/mol. The molecule has 0 spiro atoms. The molecule has 0 saturated heterocycles. The van der Waals surface area contributed by atoms with Crippen LogP contribution in [0.1, 0.15) is 20.7 Å². The SMILES string of the molecule is Cl.O=C(O)c1ccc(Cl)c(C(=O)O)c1. The zero-order chi connectivity index (χ0) is 10.0. The molecule has 0 aliphatic rings. The number of benzene rings is 1. The molecule has 0 amide bonds. The molecule has 0 atom stereocenters. The van der Waals surface area contributed by atoms with Crippen molar-refractivity contribution in [3.8, 4) is 0 Å². The van der Waals surface area contributed by atoms with Gasteiger partial charge in [-0.05, 0) is 18.2 Å². The van der Waals surface area contributed by atoms with Gasteiger partial charge in [0.15, 0.2) is 0 Å². The standard InChI is InChI=1S/C8H5ClO4.ClH/c9-6-2-1-4(7(10)11)3-5(6)8(12)13;/h1-3H,(H,10,11)(H,12,13);1H. The zero-order valence-electron chi connectivity index (χ0n) is 6.73. The fraction of sp³-hybridized carbons (Fsp3) is 0. The lowest BCUT2D eigenvalue weighted by molar-refractivity contribution is 0.0696. The van der Waals surface area contributed by atoms with E-state index in [-0.39, 0.29) is 28.6 Å². The van der Waals surface area contributed by atoms with Gasteiger partial charge in [-0.3, -0.25) is 0 Å². The summed E-state index contributed by atoms with van der Waals surface area (Å²) in [4.78, 5) is 21.0. The van der Waals surface area contributed by atoms with Gasteiger partial charge in [-0.15, -0.1) is 12.4 Å². The van der Waals surface area contributed by atoms with Gasteiger partial charge in [0, 0.05) is 0 Å². The monoisotopic (exact) mass is 236 g/mol. The Morgan fingerprint density at radius 3 is 2.14 bits per heavy atom. The first-order valence-electron chi connectivity index (χ1n) is 3.28. The third-order valence-electron chi connectivity index (χ3n) is 1.44. The molecule has 0 fully saturated rings. The maximum absolute atomic E-state index is 10.5. The van der Waals surface area contributed by atoms with E-state index in [0.29, 0.717) is 0 Å². The van der Waals surface area contributed by atoms with Gasteiger partial charge in [0.2, 0.25) is 0 Å². The first kappa shape index (κ1) is 12.7. The van der Waals surface area contributed by atoms with Crippen molar-refractivity contribution >= 4 is 35.9 Å². The minimum atomic E-state index is -1.24. The van der Waals surface area contributed by atoms with Crippen LogP contribution in [0, 0.1) is 0 Å². The molecule has 14 heavy (non-hydrogen) atoms. The van der Waals surface area contributed by atoms with Crippen LogP contribution >= 0.6 is 24.0 Å². The second-order valence-corrected chi connectivity index (χ2v) is 2.71. The van der Waals surface area contributed by atoms with E-state index in [4.69, 9.17) is 21.8 Å². The summed E-state index contributed by atoms with van der Waals surface area (Å²) in [5.74, 6) is -2.42. The highest BCUT2D eigenvalue weighted by atomic mass is 35.5. The highest BCUT2D eigenvalue weighted by Crippen LogP contribution is 2.17. The van der Waals surface area contributed by atoms with E-state index in [9.17, 15) is 9.59 Å². The van der Waals surface area contributed by atoms with E-state index in [1.165, 1.54) is 12.1 Å². The number of carbonyl (C=O) groups is 2. The summed E-state index contributed by atoms with van der Waals surface area (Å²) in [5.41, 5.74) is -0.302. The molecule has 6 heteroatoms. The molecule has 0 radical (unpaired) electrons. The molecular weight excluding hydrogens is 231 g/mol. The summed E-state index contributed by atoms with van der Waals surface area (Å²) in [6.07, 6.45) is 0. The van der Waals surface area contributed by atoms with Crippen molar-refractivity contribution in [3.05, 3.63) is 34.3 Å². The highest BCUT2D eigenvalue weighted by molar-refractivity contribution is 6.33. The van der Waals surface area contributed by atoms with Crippen molar-refractivity contribution < 1.29 is 19.8 Å². The van der Waals surface area contributed by atoms with Gasteiger partial charge in [-0.25, -0.2) is 9.59 Å². The Bertz CT molecular complexity index is 376. The lowest BCUT2D eigenvalue weighted by Gasteiger charge is -1.99. The van der Waals surface area contributed by atoms with Gasteiger partial charge in [0.1, 0.15) is 0 Å². The highest BCUT2D eigenvalue weighted by Gasteiger charge is 2.11. The molecule has 2 N–H and O–H groups in total. The third kappa shape index (κ3) is 2.61. The fourth-order valence-corrected chi connectivity index (χ4v) is 1.02. The van der Waals surface area contributed by atoms with E-state index < -0.39 is 11.9 Å². The number of hydrogen-bond acceptors (Lipinski definition) is 2. The summed E-state index contributed by atoms with van der Waals surface area (Å²) >= 11 is 5.52. The Kier molecular flexibility index (Phi) is 4.40. The molecule has 4 nitrogen and oxygen atoms in total. The van der Waals surface area contributed by atoms with Crippen LogP contribution in [0.3, 0.4) is 0 Å². The van der Waals surface area contributed by atoms with Crippen molar-refractivity contribution in [2.24, 2.45) is 0 Å². The first-order valence-corrected chi connectivity index (χ1v) is 3.66. The molecule has 1 aromatic carbocycles. The lowest BCUT2D eigenvalue weighted by Crippen LogP contribution is -2.02. The van der Waals surface area contributed by atoms with Crippen molar-refractivity contribution in [1.29, 1.82) is 0 Å². The quantitative estimate of drug-likeness (QED) is 0.826. The van der Waals surface area contributed by atoms with Gasteiger partial charge < -0.3 is 10.2 Å². The molecule has 76 valence electrons. The zero-order valence-corrected chi connectivity index (χ0v) is 8.30.